The van der Waals surface area contributed by atoms with E-state index in [0.29, 0.717) is 16.5 Å². The van der Waals surface area contributed by atoms with Crippen molar-refractivity contribution < 1.29 is 14.0 Å². The van der Waals surface area contributed by atoms with Crippen molar-refractivity contribution in [3.63, 3.8) is 0 Å². The maximum absolute atomic E-state index is 14.0. The summed E-state index contributed by atoms with van der Waals surface area (Å²) in [6.45, 7) is 0. The Kier molecular flexibility index (Phi) is 5.72. The van der Waals surface area contributed by atoms with Gasteiger partial charge in [-0.1, -0.05) is 35.9 Å². The summed E-state index contributed by atoms with van der Waals surface area (Å²) in [6, 6.07) is 17.2. The second kappa shape index (κ2) is 8.76. The fraction of sp³-hybridized carbons (Fsp3) is 0. The van der Waals surface area contributed by atoms with Crippen molar-refractivity contribution in [2.24, 2.45) is 0 Å². The monoisotopic (exact) mass is 435 g/mol. The standard InChI is InChI=1S/C22H15ClFN5O2/c23-14-9-10-20(25-13-14)27-21(30)15-5-1-3-7-17(15)26-22(31)18-11-12-29(28-18)19-8-4-2-6-16(19)24/h1-13H,(H,26,31)(H,25,27,30). The summed E-state index contributed by atoms with van der Waals surface area (Å²) in [5.41, 5.74) is 0.815. The van der Waals surface area contributed by atoms with Gasteiger partial charge in [-0.3, -0.25) is 9.59 Å². The summed E-state index contributed by atoms with van der Waals surface area (Å²) in [4.78, 5) is 29.4. The molecule has 4 rings (SSSR count). The van der Waals surface area contributed by atoms with E-state index in [1.165, 1.54) is 29.2 Å². The smallest absolute Gasteiger partial charge is 0.276 e. The van der Waals surface area contributed by atoms with Gasteiger partial charge in [-0.15, -0.1) is 0 Å². The highest BCUT2D eigenvalue weighted by molar-refractivity contribution is 6.30. The number of carbonyl (C=O) groups excluding carboxylic acids is 2. The summed E-state index contributed by atoms with van der Waals surface area (Å²) in [5, 5.41) is 9.89. The molecule has 31 heavy (non-hydrogen) atoms. The zero-order valence-electron chi connectivity index (χ0n) is 15.9. The van der Waals surface area contributed by atoms with Crippen LogP contribution in [0.5, 0.6) is 0 Å². The number of nitrogens with one attached hydrogen (secondary N) is 2. The van der Waals surface area contributed by atoms with Crippen LogP contribution in [0.2, 0.25) is 5.02 Å². The summed E-state index contributed by atoms with van der Waals surface area (Å²) < 4.78 is 15.2. The normalized spacial score (nSPS) is 10.5. The van der Waals surface area contributed by atoms with Crippen molar-refractivity contribution >= 4 is 34.9 Å². The van der Waals surface area contributed by atoms with E-state index in [2.05, 4.69) is 20.7 Å². The number of rotatable bonds is 5. The molecule has 0 unspecified atom stereocenters. The first-order chi connectivity index (χ1) is 15.0. The van der Waals surface area contributed by atoms with Crippen molar-refractivity contribution in [1.29, 1.82) is 0 Å². The Morgan fingerprint density at radius 2 is 1.68 bits per heavy atom. The van der Waals surface area contributed by atoms with Gasteiger partial charge in [-0.2, -0.15) is 5.10 Å². The van der Waals surface area contributed by atoms with Crippen LogP contribution in [-0.4, -0.2) is 26.6 Å². The third-order valence-corrected chi connectivity index (χ3v) is 4.53. The van der Waals surface area contributed by atoms with Crippen LogP contribution < -0.4 is 10.6 Å². The number of halogens is 2. The predicted molar refractivity (Wildman–Crippen MR) is 115 cm³/mol. The van der Waals surface area contributed by atoms with Crippen LogP contribution in [0.1, 0.15) is 20.8 Å². The van der Waals surface area contributed by atoms with Gasteiger partial charge in [-0.05, 0) is 42.5 Å². The van der Waals surface area contributed by atoms with Gasteiger partial charge in [0, 0.05) is 12.4 Å². The first-order valence-electron chi connectivity index (χ1n) is 9.15. The van der Waals surface area contributed by atoms with Crippen molar-refractivity contribution in [1.82, 2.24) is 14.8 Å². The lowest BCUT2D eigenvalue weighted by Gasteiger charge is -2.10. The SMILES string of the molecule is O=C(Nc1ccccc1C(=O)Nc1ccc(Cl)cn1)c1ccn(-c2ccccc2F)n1. The number of aromatic nitrogens is 3. The van der Waals surface area contributed by atoms with Gasteiger partial charge in [0.1, 0.15) is 17.3 Å². The van der Waals surface area contributed by atoms with E-state index >= 15 is 0 Å². The van der Waals surface area contributed by atoms with Crippen molar-refractivity contribution in [3.05, 3.63) is 101 Å². The number of hydrogen-bond donors (Lipinski definition) is 2. The number of para-hydroxylation sites is 2. The number of anilines is 2. The molecule has 154 valence electrons. The second-order valence-electron chi connectivity index (χ2n) is 6.41. The molecule has 0 atom stereocenters. The second-order valence-corrected chi connectivity index (χ2v) is 6.85. The van der Waals surface area contributed by atoms with Crippen LogP contribution in [0.4, 0.5) is 15.9 Å². The third kappa shape index (κ3) is 4.59. The fourth-order valence-corrected chi connectivity index (χ4v) is 2.94. The van der Waals surface area contributed by atoms with Crippen LogP contribution in [0.25, 0.3) is 5.69 Å². The maximum atomic E-state index is 14.0. The predicted octanol–water partition coefficient (Wildman–Crippen LogP) is 4.56. The van der Waals surface area contributed by atoms with Crippen LogP contribution in [0.15, 0.2) is 79.1 Å². The van der Waals surface area contributed by atoms with Gasteiger partial charge in [0.25, 0.3) is 11.8 Å². The number of pyridine rings is 1. The molecule has 2 amide bonds. The lowest BCUT2D eigenvalue weighted by Crippen LogP contribution is -2.19. The highest BCUT2D eigenvalue weighted by Crippen LogP contribution is 2.19. The zero-order chi connectivity index (χ0) is 21.8. The number of carbonyl (C=O) groups is 2. The number of nitrogens with zero attached hydrogens (tertiary/aromatic N) is 3. The molecule has 2 aromatic carbocycles. The van der Waals surface area contributed by atoms with Gasteiger partial charge in [0.15, 0.2) is 5.69 Å². The first-order valence-corrected chi connectivity index (χ1v) is 9.53. The minimum absolute atomic E-state index is 0.0674. The molecule has 0 saturated carbocycles. The van der Waals surface area contributed by atoms with Crippen LogP contribution in [0, 0.1) is 5.82 Å². The Balaban J connectivity index is 1.52. The highest BCUT2D eigenvalue weighted by atomic mass is 35.5. The molecular weight excluding hydrogens is 421 g/mol. The highest BCUT2D eigenvalue weighted by Gasteiger charge is 2.17. The Hall–Kier alpha value is -4.04. The molecule has 2 aromatic heterocycles. The maximum Gasteiger partial charge on any atom is 0.276 e. The van der Waals surface area contributed by atoms with E-state index in [9.17, 15) is 14.0 Å². The van der Waals surface area contributed by atoms with Crippen LogP contribution >= 0.6 is 11.6 Å². The number of hydrogen-bond acceptors (Lipinski definition) is 4. The van der Waals surface area contributed by atoms with Gasteiger partial charge in [0.05, 0.1) is 16.3 Å². The Labute approximate surface area is 181 Å². The first kappa shape index (κ1) is 20.2. The minimum Gasteiger partial charge on any atom is -0.320 e. The van der Waals surface area contributed by atoms with Crippen molar-refractivity contribution in [3.8, 4) is 5.69 Å². The lowest BCUT2D eigenvalue weighted by molar-refractivity contribution is 0.102. The average Bonchev–Trinajstić information content (AvgIpc) is 3.26. The topological polar surface area (TPSA) is 88.9 Å². The molecule has 0 bridgehead atoms. The lowest BCUT2D eigenvalue weighted by atomic mass is 10.1. The molecule has 0 fully saturated rings. The molecule has 4 aromatic rings. The molecule has 0 aliphatic carbocycles. The Bertz CT molecular complexity index is 1260. The quantitative estimate of drug-likeness (QED) is 0.480. The summed E-state index contributed by atoms with van der Waals surface area (Å²) >= 11 is 5.80. The summed E-state index contributed by atoms with van der Waals surface area (Å²) in [7, 11) is 0. The van der Waals surface area contributed by atoms with Gasteiger partial charge < -0.3 is 10.6 Å². The number of amides is 2. The van der Waals surface area contributed by atoms with E-state index in [-0.39, 0.29) is 16.9 Å². The summed E-state index contributed by atoms with van der Waals surface area (Å²) in [5.74, 6) is -1.14. The third-order valence-electron chi connectivity index (χ3n) is 4.31. The molecule has 2 N–H and O–H groups in total. The van der Waals surface area contributed by atoms with Gasteiger partial charge in [-0.25, -0.2) is 14.1 Å². The van der Waals surface area contributed by atoms with E-state index in [1.807, 2.05) is 0 Å². The van der Waals surface area contributed by atoms with E-state index < -0.39 is 17.6 Å². The van der Waals surface area contributed by atoms with Crippen LogP contribution in [0.3, 0.4) is 0 Å². The zero-order valence-corrected chi connectivity index (χ0v) is 16.7. The molecule has 0 saturated heterocycles. The molecule has 0 radical (unpaired) electrons. The molecular formula is C22H15ClFN5O2. The molecule has 7 nitrogen and oxygen atoms in total. The van der Waals surface area contributed by atoms with Crippen molar-refractivity contribution in [2.45, 2.75) is 0 Å². The average molecular weight is 436 g/mol. The molecule has 0 aliphatic rings. The Morgan fingerprint density at radius 3 is 2.45 bits per heavy atom. The van der Waals surface area contributed by atoms with E-state index in [4.69, 9.17) is 11.6 Å². The van der Waals surface area contributed by atoms with Gasteiger partial charge >= 0.3 is 0 Å². The van der Waals surface area contributed by atoms with E-state index in [1.54, 1.807) is 54.6 Å². The van der Waals surface area contributed by atoms with Crippen molar-refractivity contribution in [2.75, 3.05) is 10.6 Å². The minimum atomic E-state index is -0.542. The van der Waals surface area contributed by atoms with E-state index in [0.717, 1.165) is 0 Å². The summed E-state index contributed by atoms with van der Waals surface area (Å²) in [6.07, 6.45) is 2.90. The fourth-order valence-electron chi connectivity index (χ4n) is 2.83. The number of benzene rings is 2. The molecule has 0 spiro atoms. The molecule has 0 aliphatic heterocycles. The largest absolute Gasteiger partial charge is 0.320 e. The van der Waals surface area contributed by atoms with Crippen LogP contribution in [-0.2, 0) is 0 Å². The molecule has 2 heterocycles. The molecule has 9 heteroatoms. The van der Waals surface area contributed by atoms with Gasteiger partial charge in [0.2, 0.25) is 0 Å². The Morgan fingerprint density at radius 1 is 0.903 bits per heavy atom.